The summed E-state index contributed by atoms with van der Waals surface area (Å²) < 4.78 is 13.1. The highest BCUT2D eigenvalue weighted by atomic mass is 32.1. The molecule has 0 aliphatic carbocycles. The largest absolute Gasteiger partial charge is 0.271 e. The highest BCUT2D eigenvalue weighted by Crippen LogP contribution is 2.23. The Kier molecular flexibility index (Phi) is 4.00. The summed E-state index contributed by atoms with van der Waals surface area (Å²) in [5.41, 5.74) is 4.44. The first-order valence-corrected chi connectivity index (χ1v) is 6.41. The van der Waals surface area contributed by atoms with E-state index in [1.807, 2.05) is 13.8 Å². The highest BCUT2D eigenvalue weighted by molar-refractivity contribution is 7.11. The van der Waals surface area contributed by atoms with E-state index in [1.165, 1.54) is 17.1 Å². The fourth-order valence-corrected chi connectivity index (χ4v) is 2.67. The van der Waals surface area contributed by atoms with Gasteiger partial charge in [0.25, 0.3) is 0 Å². The lowest BCUT2D eigenvalue weighted by Crippen LogP contribution is -2.29. The van der Waals surface area contributed by atoms with Gasteiger partial charge < -0.3 is 0 Å². The predicted molar refractivity (Wildman–Crippen MR) is 69.6 cm³/mol. The third kappa shape index (κ3) is 2.90. The van der Waals surface area contributed by atoms with E-state index in [4.69, 9.17) is 5.84 Å². The second-order valence-electron chi connectivity index (χ2n) is 4.11. The van der Waals surface area contributed by atoms with Gasteiger partial charge in [0.15, 0.2) is 0 Å². The van der Waals surface area contributed by atoms with Crippen molar-refractivity contribution >= 4 is 11.3 Å². The molecule has 2 heterocycles. The number of hydrogen-bond acceptors (Lipinski definition) is 5. The van der Waals surface area contributed by atoms with E-state index in [0.717, 1.165) is 16.3 Å². The average Bonchev–Trinajstić information content (AvgIpc) is 2.65. The molecule has 0 aliphatic rings. The number of nitrogens with zero attached hydrogens (tertiary/aromatic N) is 2. The molecule has 0 spiro atoms. The van der Waals surface area contributed by atoms with Gasteiger partial charge in [-0.05, 0) is 25.5 Å². The van der Waals surface area contributed by atoms with Crippen LogP contribution in [0.3, 0.4) is 0 Å². The fourth-order valence-electron chi connectivity index (χ4n) is 1.69. The van der Waals surface area contributed by atoms with Gasteiger partial charge in [-0.15, -0.1) is 11.3 Å². The zero-order chi connectivity index (χ0) is 13.1. The maximum atomic E-state index is 13.1. The number of aromatic nitrogens is 2. The third-order valence-corrected chi connectivity index (χ3v) is 3.88. The number of thiazole rings is 1. The lowest BCUT2D eigenvalue weighted by Gasteiger charge is -2.14. The lowest BCUT2D eigenvalue weighted by molar-refractivity contribution is 0.539. The molecule has 6 heteroatoms. The molecule has 2 rings (SSSR count). The van der Waals surface area contributed by atoms with Crippen LogP contribution in [0.15, 0.2) is 18.5 Å². The normalized spacial score (nSPS) is 12.7. The van der Waals surface area contributed by atoms with Gasteiger partial charge in [-0.2, -0.15) is 0 Å². The first-order chi connectivity index (χ1) is 8.60. The Morgan fingerprint density at radius 2 is 2.22 bits per heavy atom. The quantitative estimate of drug-likeness (QED) is 0.656. The summed E-state index contributed by atoms with van der Waals surface area (Å²) in [6, 6.07) is 1.25. The van der Waals surface area contributed by atoms with E-state index in [9.17, 15) is 4.39 Å². The van der Waals surface area contributed by atoms with Crippen LogP contribution < -0.4 is 11.3 Å². The van der Waals surface area contributed by atoms with Crippen LogP contribution in [-0.4, -0.2) is 9.97 Å². The standard InChI is InChI=1S/C12H15FN4S/c1-7-8(2)18-12(16-7)4-11(17-14)9-3-10(13)6-15-5-9/h3,5-6,11,17H,4,14H2,1-2H3. The van der Waals surface area contributed by atoms with Crippen LogP contribution in [0.4, 0.5) is 4.39 Å². The SMILES string of the molecule is Cc1nc(CC(NN)c2cncc(F)c2)sc1C. The number of hydrazine groups is 1. The Labute approximate surface area is 109 Å². The van der Waals surface area contributed by atoms with Gasteiger partial charge in [-0.3, -0.25) is 16.3 Å². The van der Waals surface area contributed by atoms with Crippen LogP contribution in [0.25, 0.3) is 0 Å². The second kappa shape index (κ2) is 5.51. The van der Waals surface area contributed by atoms with Crippen molar-refractivity contribution in [2.24, 2.45) is 5.84 Å². The Morgan fingerprint density at radius 1 is 1.44 bits per heavy atom. The van der Waals surface area contributed by atoms with Gasteiger partial charge >= 0.3 is 0 Å². The van der Waals surface area contributed by atoms with Crippen molar-refractivity contribution in [3.05, 3.63) is 45.4 Å². The van der Waals surface area contributed by atoms with Crippen LogP contribution in [0.2, 0.25) is 0 Å². The van der Waals surface area contributed by atoms with Crippen LogP contribution in [0, 0.1) is 19.7 Å². The summed E-state index contributed by atoms with van der Waals surface area (Å²) in [7, 11) is 0. The molecule has 4 nitrogen and oxygen atoms in total. The molecule has 96 valence electrons. The zero-order valence-corrected chi connectivity index (χ0v) is 11.1. The summed E-state index contributed by atoms with van der Waals surface area (Å²) in [5, 5.41) is 0.984. The van der Waals surface area contributed by atoms with Crippen molar-refractivity contribution in [3.63, 3.8) is 0 Å². The molecule has 0 saturated heterocycles. The smallest absolute Gasteiger partial charge is 0.141 e. The Balaban J connectivity index is 2.19. The molecule has 2 aromatic heterocycles. The van der Waals surface area contributed by atoms with Crippen molar-refractivity contribution in [1.82, 2.24) is 15.4 Å². The minimum absolute atomic E-state index is 0.182. The first kappa shape index (κ1) is 13.1. The lowest BCUT2D eigenvalue weighted by atomic mass is 10.1. The van der Waals surface area contributed by atoms with Gasteiger partial charge in [-0.1, -0.05) is 0 Å². The molecular formula is C12H15FN4S. The zero-order valence-electron chi connectivity index (χ0n) is 10.3. The number of halogens is 1. The average molecular weight is 266 g/mol. The topological polar surface area (TPSA) is 63.8 Å². The van der Waals surface area contributed by atoms with Crippen LogP contribution in [0.1, 0.15) is 27.2 Å². The first-order valence-electron chi connectivity index (χ1n) is 5.59. The molecule has 18 heavy (non-hydrogen) atoms. The van der Waals surface area contributed by atoms with Crippen LogP contribution >= 0.6 is 11.3 Å². The van der Waals surface area contributed by atoms with E-state index in [-0.39, 0.29) is 11.9 Å². The molecule has 0 bridgehead atoms. The minimum atomic E-state index is -0.362. The Bertz CT molecular complexity index is 521. The van der Waals surface area contributed by atoms with E-state index in [2.05, 4.69) is 15.4 Å². The van der Waals surface area contributed by atoms with Crippen LogP contribution in [0.5, 0.6) is 0 Å². The molecular weight excluding hydrogens is 251 g/mol. The number of nitrogens with two attached hydrogens (primary N) is 1. The minimum Gasteiger partial charge on any atom is -0.271 e. The van der Waals surface area contributed by atoms with Crippen molar-refractivity contribution in [2.75, 3.05) is 0 Å². The molecule has 0 saturated carbocycles. The van der Waals surface area contributed by atoms with Gasteiger partial charge in [-0.25, -0.2) is 9.37 Å². The van der Waals surface area contributed by atoms with Gasteiger partial charge in [0.05, 0.1) is 22.9 Å². The summed E-state index contributed by atoms with van der Waals surface area (Å²) in [6.07, 6.45) is 3.41. The fraction of sp³-hybridized carbons (Fsp3) is 0.333. The summed E-state index contributed by atoms with van der Waals surface area (Å²) >= 11 is 1.64. The molecule has 1 unspecified atom stereocenters. The maximum absolute atomic E-state index is 13.1. The van der Waals surface area contributed by atoms with Gasteiger partial charge in [0, 0.05) is 17.5 Å². The number of aryl methyl sites for hydroxylation is 2. The number of hydrogen-bond donors (Lipinski definition) is 2. The van der Waals surface area contributed by atoms with Crippen molar-refractivity contribution in [2.45, 2.75) is 26.3 Å². The van der Waals surface area contributed by atoms with E-state index in [0.29, 0.717) is 6.42 Å². The van der Waals surface area contributed by atoms with Gasteiger partial charge in [0.2, 0.25) is 0 Å². The maximum Gasteiger partial charge on any atom is 0.141 e. The Morgan fingerprint density at radius 3 is 2.78 bits per heavy atom. The van der Waals surface area contributed by atoms with Crippen LogP contribution in [-0.2, 0) is 6.42 Å². The molecule has 0 aromatic carbocycles. The molecule has 0 amide bonds. The highest BCUT2D eigenvalue weighted by Gasteiger charge is 2.14. The van der Waals surface area contributed by atoms with E-state index >= 15 is 0 Å². The third-order valence-electron chi connectivity index (χ3n) is 2.78. The molecule has 0 radical (unpaired) electrons. The van der Waals surface area contributed by atoms with Crippen molar-refractivity contribution in [1.29, 1.82) is 0 Å². The number of nitrogens with one attached hydrogen (secondary N) is 1. The van der Waals surface area contributed by atoms with E-state index < -0.39 is 0 Å². The molecule has 0 aliphatic heterocycles. The van der Waals surface area contributed by atoms with Crippen molar-refractivity contribution < 1.29 is 4.39 Å². The predicted octanol–water partition coefficient (Wildman–Crippen LogP) is 2.04. The summed E-state index contributed by atoms with van der Waals surface area (Å²) in [6.45, 7) is 4.01. The number of pyridine rings is 1. The monoisotopic (exact) mass is 266 g/mol. The van der Waals surface area contributed by atoms with E-state index in [1.54, 1.807) is 17.5 Å². The molecule has 3 N–H and O–H groups in total. The second-order valence-corrected chi connectivity index (χ2v) is 5.40. The van der Waals surface area contributed by atoms with Gasteiger partial charge in [0.1, 0.15) is 5.82 Å². The molecule has 0 fully saturated rings. The summed E-state index contributed by atoms with van der Waals surface area (Å²) in [5.74, 6) is 5.16. The Hall–Kier alpha value is -1.37. The number of rotatable bonds is 4. The summed E-state index contributed by atoms with van der Waals surface area (Å²) in [4.78, 5) is 9.48. The molecule has 1 atom stereocenters. The molecule has 2 aromatic rings. The van der Waals surface area contributed by atoms with Crippen molar-refractivity contribution in [3.8, 4) is 0 Å².